The Hall–Kier alpha value is -1.34. The number of nitrogens with zero attached hydrogens (tertiary/aromatic N) is 1. The summed E-state index contributed by atoms with van der Waals surface area (Å²) in [6, 6.07) is 1.52. The first kappa shape index (κ1) is 18.0. The van der Waals surface area contributed by atoms with Crippen LogP contribution in [0.3, 0.4) is 0 Å². The molecule has 0 radical (unpaired) electrons. The molecular formula is C16H26N2O4S. The highest BCUT2D eigenvalue weighted by molar-refractivity contribution is 7.90. The van der Waals surface area contributed by atoms with Crippen LogP contribution in [0.2, 0.25) is 0 Å². The van der Waals surface area contributed by atoms with Gasteiger partial charge < -0.3 is 9.32 Å². The summed E-state index contributed by atoms with van der Waals surface area (Å²) in [5.74, 6) is 1.17. The zero-order valence-corrected chi connectivity index (χ0v) is 15.5. The maximum Gasteiger partial charge on any atom is 0.241 e. The molecule has 1 aliphatic rings. The van der Waals surface area contributed by atoms with E-state index in [4.69, 9.17) is 4.42 Å². The molecule has 0 fully saturated rings. The number of rotatable bonds is 4. The number of aryl methyl sites for hydroxylation is 1. The van der Waals surface area contributed by atoms with Crippen LogP contribution in [0.15, 0.2) is 10.5 Å². The van der Waals surface area contributed by atoms with Gasteiger partial charge >= 0.3 is 0 Å². The number of hydrogen-bond acceptors (Lipinski definition) is 4. The van der Waals surface area contributed by atoms with E-state index in [0.29, 0.717) is 6.42 Å². The normalized spacial score (nSPS) is 21.6. The molecular weight excluding hydrogens is 316 g/mol. The average Bonchev–Trinajstić information content (AvgIpc) is 2.75. The number of amides is 1. The van der Waals surface area contributed by atoms with Gasteiger partial charge in [0.15, 0.2) is 5.25 Å². The summed E-state index contributed by atoms with van der Waals surface area (Å²) in [6.45, 7) is 7.45. The molecule has 23 heavy (non-hydrogen) atoms. The van der Waals surface area contributed by atoms with Gasteiger partial charge in [-0.05, 0) is 31.7 Å². The molecule has 1 aliphatic carbocycles. The molecule has 1 amide bonds. The lowest BCUT2D eigenvalue weighted by Gasteiger charge is -2.35. The van der Waals surface area contributed by atoms with E-state index in [-0.39, 0.29) is 11.5 Å². The van der Waals surface area contributed by atoms with Gasteiger partial charge in [0.1, 0.15) is 11.5 Å². The zero-order chi connectivity index (χ0) is 17.6. The van der Waals surface area contributed by atoms with E-state index < -0.39 is 21.2 Å². The second kappa shape index (κ2) is 5.94. The third-order valence-corrected chi connectivity index (χ3v) is 6.04. The fourth-order valence-corrected chi connectivity index (χ4v) is 4.37. The highest BCUT2D eigenvalue weighted by Crippen LogP contribution is 2.42. The van der Waals surface area contributed by atoms with Crippen molar-refractivity contribution in [2.75, 3.05) is 14.1 Å². The number of sulfonamides is 1. The van der Waals surface area contributed by atoms with Gasteiger partial charge in [0.25, 0.3) is 0 Å². The molecule has 1 N–H and O–H groups in total. The maximum absolute atomic E-state index is 12.6. The first-order valence-electron chi connectivity index (χ1n) is 7.74. The van der Waals surface area contributed by atoms with E-state index in [1.54, 1.807) is 14.1 Å². The first-order chi connectivity index (χ1) is 10.4. The fourth-order valence-electron chi connectivity index (χ4n) is 3.09. The van der Waals surface area contributed by atoms with Crippen LogP contribution in [0.1, 0.15) is 50.3 Å². The second-order valence-corrected chi connectivity index (χ2v) is 9.40. The van der Waals surface area contributed by atoms with Crippen molar-refractivity contribution in [2.45, 2.75) is 51.8 Å². The van der Waals surface area contributed by atoms with Crippen molar-refractivity contribution in [3.8, 4) is 0 Å². The predicted octanol–water partition coefficient (Wildman–Crippen LogP) is 2.00. The molecule has 0 aromatic carbocycles. The van der Waals surface area contributed by atoms with E-state index in [9.17, 15) is 13.2 Å². The van der Waals surface area contributed by atoms with Gasteiger partial charge in [-0.25, -0.2) is 13.1 Å². The van der Waals surface area contributed by atoms with Crippen LogP contribution < -0.4 is 4.72 Å². The fraction of sp³-hybridized carbons (Fsp3) is 0.688. The van der Waals surface area contributed by atoms with Crippen molar-refractivity contribution in [1.82, 2.24) is 9.62 Å². The third kappa shape index (κ3) is 3.77. The summed E-state index contributed by atoms with van der Waals surface area (Å²) in [5, 5.41) is -1.13. The Morgan fingerprint density at radius 1 is 1.43 bits per heavy atom. The molecule has 0 aliphatic heterocycles. The molecule has 0 spiro atoms. The minimum atomic E-state index is -3.77. The van der Waals surface area contributed by atoms with Crippen molar-refractivity contribution in [3.05, 3.63) is 23.2 Å². The lowest BCUT2D eigenvalue weighted by atomic mass is 9.75. The third-order valence-electron chi connectivity index (χ3n) is 4.30. The van der Waals surface area contributed by atoms with E-state index in [1.807, 2.05) is 13.0 Å². The SMILES string of the molecule is Cc1cc2c(o1)CC(C)(C)C[C@H]2NS(=O)(=O)[C@H](C)C(=O)N(C)C. The smallest absolute Gasteiger partial charge is 0.241 e. The van der Waals surface area contributed by atoms with Gasteiger partial charge in [0.2, 0.25) is 15.9 Å². The van der Waals surface area contributed by atoms with Crippen molar-refractivity contribution in [3.63, 3.8) is 0 Å². The molecule has 7 heteroatoms. The Balaban J connectivity index is 2.30. The summed E-state index contributed by atoms with van der Waals surface area (Å²) < 4.78 is 33.6. The Morgan fingerprint density at radius 2 is 2.04 bits per heavy atom. The molecule has 1 aromatic heterocycles. The Labute approximate surface area is 138 Å². The van der Waals surface area contributed by atoms with E-state index >= 15 is 0 Å². The van der Waals surface area contributed by atoms with Crippen LogP contribution in [0, 0.1) is 12.3 Å². The van der Waals surface area contributed by atoms with Crippen LogP contribution >= 0.6 is 0 Å². The summed E-state index contributed by atoms with van der Waals surface area (Å²) in [7, 11) is -0.668. The van der Waals surface area contributed by atoms with Gasteiger partial charge in [0.05, 0.1) is 6.04 Å². The topological polar surface area (TPSA) is 79.6 Å². The van der Waals surface area contributed by atoms with Crippen molar-refractivity contribution in [1.29, 1.82) is 0 Å². The monoisotopic (exact) mass is 342 g/mol. The van der Waals surface area contributed by atoms with Crippen LogP contribution in [0.4, 0.5) is 0 Å². The van der Waals surface area contributed by atoms with Crippen molar-refractivity contribution >= 4 is 15.9 Å². The van der Waals surface area contributed by atoms with E-state index in [1.165, 1.54) is 11.8 Å². The molecule has 0 saturated carbocycles. The summed E-state index contributed by atoms with van der Waals surface area (Å²) in [5.41, 5.74) is 0.814. The maximum atomic E-state index is 12.6. The van der Waals surface area contributed by atoms with Crippen molar-refractivity contribution in [2.24, 2.45) is 5.41 Å². The van der Waals surface area contributed by atoms with Gasteiger partial charge in [-0.3, -0.25) is 4.79 Å². The van der Waals surface area contributed by atoms with Crippen LogP contribution in [0.25, 0.3) is 0 Å². The predicted molar refractivity (Wildman–Crippen MR) is 88.5 cm³/mol. The molecule has 0 unspecified atom stereocenters. The van der Waals surface area contributed by atoms with Gasteiger partial charge in [-0.15, -0.1) is 0 Å². The number of nitrogens with one attached hydrogen (secondary N) is 1. The first-order valence-corrected chi connectivity index (χ1v) is 9.29. The number of furan rings is 1. The molecule has 1 heterocycles. The Kier molecular flexibility index (Phi) is 4.65. The zero-order valence-electron chi connectivity index (χ0n) is 14.6. The lowest BCUT2D eigenvalue weighted by Crippen LogP contribution is -2.45. The molecule has 130 valence electrons. The number of fused-ring (bicyclic) bond motifs is 1. The molecule has 2 rings (SSSR count). The number of carbonyl (C=O) groups excluding carboxylic acids is 1. The highest BCUT2D eigenvalue weighted by Gasteiger charge is 2.39. The van der Waals surface area contributed by atoms with Crippen LogP contribution in [0.5, 0.6) is 0 Å². The summed E-state index contributed by atoms with van der Waals surface area (Å²) in [6.07, 6.45) is 1.45. The minimum absolute atomic E-state index is 0.0702. The molecule has 6 nitrogen and oxygen atoms in total. The quantitative estimate of drug-likeness (QED) is 0.907. The molecule has 0 saturated heterocycles. The highest BCUT2D eigenvalue weighted by atomic mass is 32.2. The average molecular weight is 342 g/mol. The minimum Gasteiger partial charge on any atom is -0.466 e. The van der Waals surface area contributed by atoms with Gasteiger partial charge in [-0.2, -0.15) is 0 Å². The Bertz CT molecular complexity index is 704. The van der Waals surface area contributed by atoms with Gasteiger partial charge in [0, 0.05) is 26.1 Å². The lowest BCUT2D eigenvalue weighted by molar-refractivity contribution is -0.127. The van der Waals surface area contributed by atoms with E-state index in [2.05, 4.69) is 18.6 Å². The molecule has 2 atom stereocenters. The van der Waals surface area contributed by atoms with Crippen LogP contribution in [-0.4, -0.2) is 38.6 Å². The van der Waals surface area contributed by atoms with Gasteiger partial charge in [-0.1, -0.05) is 13.8 Å². The van der Waals surface area contributed by atoms with E-state index in [0.717, 1.165) is 23.5 Å². The molecule has 0 bridgehead atoms. The number of carbonyl (C=O) groups is 1. The summed E-state index contributed by atoms with van der Waals surface area (Å²) >= 11 is 0. The second-order valence-electron chi connectivity index (χ2n) is 7.37. The largest absolute Gasteiger partial charge is 0.466 e. The summed E-state index contributed by atoms with van der Waals surface area (Å²) in [4.78, 5) is 13.3. The standard InChI is InChI=1S/C16H26N2O4S/c1-10-7-12-13(8-16(3,4)9-14(12)22-10)17-23(20,21)11(2)15(19)18(5)6/h7,11,13,17H,8-9H2,1-6H3/t11-,13-/m1/s1. The molecule has 1 aromatic rings. The van der Waals surface area contributed by atoms with Crippen molar-refractivity contribution < 1.29 is 17.6 Å². The Morgan fingerprint density at radius 3 is 2.61 bits per heavy atom. The van der Waals surface area contributed by atoms with Crippen LogP contribution in [-0.2, 0) is 21.2 Å². The number of hydrogen-bond donors (Lipinski definition) is 1.